The van der Waals surface area contributed by atoms with Gasteiger partial charge >= 0.3 is 11.9 Å². The normalized spacial score (nSPS) is 13.6. The molecule has 0 aliphatic carbocycles. The second-order valence-electron chi connectivity index (χ2n) is 1.73. The fraction of sp³-hybridized carbons (Fsp3) is 0.667. The van der Waals surface area contributed by atoms with E-state index in [1.807, 2.05) is 0 Å². The van der Waals surface area contributed by atoms with Crippen LogP contribution in [0.3, 0.4) is 0 Å². The van der Waals surface area contributed by atoms with Gasteiger partial charge in [0.1, 0.15) is 0 Å². The van der Waals surface area contributed by atoms with Crippen molar-refractivity contribution in [1.82, 2.24) is 0 Å². The second kappa shape index (κ2) is 4.78. The zero-order chi connectivity index (χ0) is 9.78. The fourth-order valence-electron chi connectivity index (χ4n) is 0.435. The number of hydrogen-bond donors (Lipinski definition) is 2. The predicted octanol–water partition coefficient (Wildman–Crippen LogP) is 0.716. The lowest BCUT2D eigenvalue weighted by molar-refractivity contribution is -0.139. The third kappa shape index (κ3) is 6.94. The van der Waals surface area contributed by atoms with Crippen LogP contribution in [0.5, 0.6) is 0 Å². The summed E-state index contributed by atoms with van der Waals surface area (Å²) in [5.74, 6) is -2.59. The van der Waals surface area contributed by atoms with Crippen LogP contribution in [0, 0.1) is 0 Å². The molecule has 0 rings (SSSR count). The van der Waals surface area contributed by atoms with Gasteiger partial charge in [-0.25, -0.2) is 0 Å². The van der Waals surface area contributed by atoms with Crippen molar-refractivity contribution in [2.75, 3.05) is 0 Å². The molecule has 0 radical (unpaired) electrons. The van der Waals surface area contributed by atoms with E-state index in [1.165, 1.54) is 0 Å². The van der Waals surface area contributed by atoms with Crippen molar-refractivity contribution in [2.24, 2.45) is 0 Å². The van der Waals surface area contributed by atoms with Gasteiger partial charge in [-0.15, -0.1) is 0 Å². The molecule has 10 heavy (non-hydrogen) atoms. The molecule has 0 aliphatic heterocycles. The highest BCUT2D eigenvalue weighted by atomic mass is 16.4. The van der Waals surface area contributed by atoms with Crippen molar-refractivity contribution in [3.63, 3.8) is 0 Å². The van der Waals surface area contributed by atoms with Gasteiger partial charge < -0.3 is 10.2 Å². The van der Waals surface area contributed by atoms with Crippen LogP contribution in [0.15, 0.2) is 0 Å². The molecule has 0 atom stereocenters. The first-order chi connectivity index (χ1) is 5.36. The van der Waals surface area contributed by atoms with E-state index in [0.717, 1.165) is 0 Å². The van der Waals surface area contributed by atoms with E-state index in [4.69, 9.17) is 13.0 Å². The van der Waals surface area contributed by atoms with Crippen LogP contribution in [0.25, 0.3) is 0 Å². The highest BCUT2D eigenvalue weighted by Gasteiger charge is 1.99. The Balaban J connectivity index is 3.76. The van der Waals surface area contributed by atoms with Crippen LogP contribution >= 0.6 is 0 Å². The summed E-state index contributed by atoms with van der Waals surface area (Å²) in [6.45, 7) is 0. The minimum atomic E-state index is -2.31. The van der Waals surface area contributed by atoms with E-state index in [0.29, 0.717) is 0 Å². The SMILES string of the molecule is [2H]C([2H])(CCCC(=O)O)C(=O)O. The lowest BCUT2D eigenvalue weighted by Gasteiger charge is -1.92. The Morgan fingerprint density at radius 2 is 1.80 bits per heavy atom. The summed E-state index contributed by atoms with van der Waals surface area (Å²) in [7, 11) is 0. The first-order valence-electron chi connectivity index (χ1n) is 3.81. The Hall–Kier alpha value is -1.06. The minimum Gasteiger partial charge on any atom is -0.481 e. The number of carboxylic acid groups (broad SMARTS) is 2. The molecular formula is C6H10O4. The Bertz CT molecular complexity index is 190. The Morgan fingerprint density at radius 3 is 2.20 bits per heavy atom. The molecule has 4 heteroatoms. The van der Waals surface area contributed by atoms with Crippen molar-refractivity contribution >= 4 is 11.9 Å². The van der Waals surface area contributed by atoms with Crippen LogP contribution < -0.4 is 0 Å². The van der Waals surface area contributed by atoms with Crippen molar-refractivity contribution in [1.29, 1.82) is 0 Å². The van der Waals surface area contributed by atoms with E-state index in [9.17, 15) is 9.59 Å². The average Bonchev–Trinajstić information content (AvgIpc) is 1.85. The van der Waals surface area contributed by atoms with E-state index in [1.54, 1.807) is 0 Å². The lowest BCUT2D eigenvalue weighted by atomic mass is 10.2. The van der Waals surface area contributed by atoms with Gasteiger partial charge in [0.15, 0.2) is 0 Å². The van der Waals surface area contributed by atoms with E-state index < -0.39 is 18.3 Å². The molecule has 0 fully saturated rings. The van der Waals surface area contributed by atoms with Crippen molar-refractivity contribution < 1.29 is 22.5 Å². The molecule has 0 amide bonds. The van der Waals surface area contributed by atoms with Crippen LogP contribution in [-0.4, -0.2) is 22.2 Å². The first-order valence-corrected chi connectivity index (χ1v) is 2.81. The van der Waals surface area contributed by atoms with Gasteiger partial charge in [0.05, 0.1) is 0 Å². The van der Waals surface area contributed by atoms with E-state index in [2.05, 4.69) is 0 Å². The van der Waals surface area contributed by atoms with Crippen molar-refractivity contribution in [2.45, 2.75) is 25.6 Å². The number of aliphatic carboxylic acids is 2. The molecule has 0 heterocycles. The van der Waals surface area contributed by atoms with Gasteiger partial charge in [0.25, 0.3) is 0 Å². The molecule has 0 bridgehead atoms. The Kier molecular flexibility index (Phi) is 2.73. The maximum absolute atomic E-state index is 10.2. The maximum atomic E-state index is 10.2. The summed E-state index contributed by atoms with van der Waals surface area (Å²) in [4.78, 5) is 20.2. The predicted molar refractivity (Wildman–Crippen MR) is 33.7 cm³/mol. The smallest absolute Gasteiger partial charge is 0.303 e. The lowest BCUT2D eigenvalue weighted by Crippen LogP contribution is -1.97. The number of carboxylic acids is 2. The second-order valence-corrected chi connectivity index (χ2v) is 1.73. The van der Waals surface area contributed by atoms with E-state index in [-0.39, 0.29) is 19.3 Å². The summed E-state index contributed by atoms with van der Waals surface area (Å²) >= 11 is 0. The monoisotopic (exact) mass is 148 g/mol. The number of hydrogen-bond acceptors (Lipinski definition) is 2. The van der Waals surface area contributed by atoms with Gasteiger partial charge in [-0.1, -0.05) is 0 Å². The quantitative estimate of drug-likeness (QED) is 0.602. The van der Waals surface area contributed by atoms with Gasteiger partial charge in [-0.3, -0.25) is 9.59 Å². The van der Waals surface area contributed by atoms with Crippen LogP contribution in [0.2, 0.25) is 0 Å². The van der Waals surface area contributed by atoms with E-state index >= 15 is 0 Å². The Labute approximate surface area is 61.3 Å². The average molecular weight is 148 g/mol. The summed E-state index contributed by atoms with van der Waals surface area (Å²) in [5.41, 5.74) is 0. The highest BCUT2D eigenvalue weighted by Crippen LogP contribution is 1.98. The fourth-order valence-corrected chi connectivity index (χ4v) is 0.435. The van der Waals surface area contributed by atoms with Crippen LogP contribution in [0.1, 0.15) is 28.4 Å². The van der Waals surface area contributed by atoms with Crippen LogP contribution in [0.4, 0.5) is 0 Å². The molecule has 0 aliphatic rings. The summed E-state index contributed by atoms with van der Waals surface area (Å²) in [5, 5.41) is 16.5. The molecule has 0 aromatic carbocycles. The largest absolute Gasteiger partial charge is 0.481 e. The topological polar surface area (TPSA) is 74.6 Å². The molecule has 0 saturated heterocycles. The molecule has 0 spiro atoms. The van der Waals surface area contributed by atoms with Crippen LogP contribution in [-0.2, 0) is 9.59 Å². The third-order valence-corrected chi connectivity index (χ3v) is 0.844. The summed E-state index contributed by atoms with van der Waals surface area (Å²) < 4.78 is 13.8. The molecule has 0 saturated carbocycles. The molecule has 0 aromatic rings. The standard InChI is InChI=1S/C6H10O4/c7-5(8)3-1-2-4-6(9)10/h1-4H2,(H,7,8)(H,9,10)/i3D2. The maximum Gasteiger partial charge on any atom is 0.303 e. The van der Waals surface area contributed by atoms with Crippen molar-refractivity contribution in [3.8, 4) is 0 Å². The van der Waals surface area contributed by atoms with Gasteiger partial charge in [-0.2, -0.15) is 0 Å². The summed E-state index contributed by atoms with van der Waals surface area (Å²) in [6, 6.07) is 0. The highest BCUT2D eigenvalue weighted by molar-refractivity contribution is 5.67. The van der Waals surface area contributed by atoms with Gasteiger partial charge in [0, 0.05) is 15.5 Å². The zero-order valence-electron chi connectivity index (χ0n) is 7.33. The molecule has 58 valence electrons. The molecule has 2 N–H and O–H groups in total. The Morgan fingerprint density at radius 1 is 1.20 bits per heavy atom. The minimum absolute atomic E-state index is 0.0363. The third-order valence-electron chi connectivity index (χ3n) is 0.844. The van der Waals surface area contributed by atoms with Gasteiger partial charge in [-0.05, 0) is 12.8 Å². The van der Waals surface area contributed by atoms with Crippen molar-refractivity contribution in [3.05, 3.63) is 0 Å². The molecule has 0 unspecified atom stereocenters. The zero-order valence-corrected chi connectivity index (χ0v) is 5.33. The number of rotatable bonds is 5. The van der Waals surface area contributed by atoms with Gasteiger partial charge in [0.2, 0.25) is 0 Å². The number of carbonyl (C=O) groups is 2. The molecular weight excluding hydrogens is 136 g/mol. The molecule has 0 aromatic heterocycles. The summed E-state index contributed by atoms with van der Waals surface area (Å²) in [6.07, 6.45) is -2.74. The molecule has 4 nitrogen and oxygen atoms in total. The first kappa shape index (κ1) is 5.70.